The largest absolute Gasteiger partial charge is 0.332 e. The van der Waals surface area contributed by atoms with Gasteiger partial charge in [0, 0.05) is 19.2 Å². The van der Waals surface area contributed by atoms with Crippen molar-refractivity contribution in [3.8, 4) is 0 Å². The zero-order chi connectivity index (χ0) is 22.5. The van der Waals surface area contributed by atoms with E-state index in [2.05, 4.69) is 15.3 Å². The topological polar surface area (TPSA) is 75.2 Å². The average Bonchev–Trinajstić information content (AvgIpc) is 2.81. The summed E-state index contributed by atoms with van der Waals surface area (Å²) in [4.78, 5) is 36.8. The number of benzene rings is 1. The number of nitrogens with one attached hydrogen (secondary N) is 1. The van der Waals surface area contributed by atoms with Gasteiger partial charge in [-0.05, 0) is 57.1 Å². The van der Waals surface area contributed by atoms with Crippen LogP contribution in [0, 0.1) is 18.7 Å². The standard InChI is InChI=1S/C25H31FN4O2/c1-17-19(25(32)29-21-12-6-5-11-20(21)26)16-27-24(28-17)22-13-7-8-14-30(22)23(31)15-18-9-3-2-4-10-18/h5-6,11-12,16,18,22H,2-4,7-10,13-15H2,1H3,(H,29,32)/t22-/m1/s1. The third-order valence-corrected chi connectivity index (χ3v) is 6.67. The van der Waals surface area contributed by atoms with Gasteiger partial charge in [-0.1, -0.05) is 31.4 Å². The summed E-state index contributed by atoms with van der Waals surface area (Å²) in [6, 6.07) is 5.88. The van der Waals surface area contributed by atoms with E-state index in [4.69, 9.17) is 0 Å². The molecule has 1 saturated heterocycles. The van der Waals surface area contributed by atoms with Crippen LogP contribution in [0.1, 0.15) is 85.7 Å². The summed E-state index contributed by atoms with van der Waals surface area (Å²) in [6.45, 7) is 2.48. The van der Waals surface area contributed by atoms with E-state index in [-0.39, 0.29) is 17.6 Å². The molecule has 2 heterocycles. The molecule has 32 heavy (non-hydrogen) atoms. The number of nitrogens with zero attached hydrogens (tertiary/aromatic N) is 3. The minimum Gasteiger partial charge on any atom is -0.332 e. The molecule has 1 aromatic carbocycles. The van der Waals surface area contributed by atoms with Gasteiger partial charge in [0.2, 0.25) is 5.91 Å². The van der Waals surface area contributed by atoms with Crippen molar-refractivity contribution < 1.29 is 14.0 Å². The summed E-state index contributed by atoms with van der Waals surface area (Å²) in [5.41, 5.74) is 0.940. The summed E-state index contributed by atoms with van der Waals surface area (Å²) < 4.78 is 13.9. The molecule has 0 spiro atoms. The fourth-order valence-corrected chi connectivity index (χ4v) is 4.87. The molecule has 1 aliphatic carbocycles. The molecule has 4 rings (SSSR count). The number of rotatable bonds is 5. The van der Waals surface area contributed by atoms with Crippen LogP contribution in [0.4, 0.5) is 10.1 Å². The first-order valence-electron chi connectivity index (χ1n) is 11.7. The summed E-state index contributed by atoms with van der Waals surface area (Å²) in [5, 5.41) is 2.58. The molecule has 0 bridgehead atoms. The molecule has 2 fully saturated rings. The van der Waals surface area contributed by atoms with Crippen LogP contribution in [-0.2, 0) is 4.79 Å². The Balaban J connectivity index is 1.48. The van der Waals surface area contributed by atoms with Crippen molar-refractivity contribution in [3.63, 3.8) is 0 Å². The normalized spacial score (nSPS) is 19.6. The molecule has 1 N–H and O–H groups in total. The highest BCUT2D eigenvalue weighted by Crippen LogP contribution is 2.33. The highest BCUT2D eigenvalue weighted by molar-refractivity contribution is 6.04. The maximum atomic E-state index is 13.9. The quantitative estimate of drug-likeness (QED) is 0.696. The Morgan fingerprint density at radius 1 is 1.09 bits per heavy atom. The number of aryl methyl sites for hydroxylation is 1. The van der Waals surface area contributed by atoms with Gasteiger partial charge in [0.25, 0.3) is 5.91 Å². The van der Waals surface area contributed by atoms with Gasteiger partial charge in [0.15, 0.2) is 5.82 Å². The zero-order valence-electron chi connectivity index (χ0n) is 18.6. The Hall–Kier alpha value is -2.83. The lowest BCUT2D eigenvalue weighted by Crippen LogP contribution is -2.40. The van der Waals surface area contributed by atoms with Gasteiger partial charge in [0.1, 0.15) is 5.82 Å². The number of para-hydroxylation sites is 1. The van der Waals surface area contributed by atoms with E-state index in [9.17, 15) is 14.0 Å². The van der Waals surface area contributed by atoms with Crippen LogP contribution in [0.5, 0.6) is 0 Å². The minimum atomic E-state index is -0.495. The Morgan fingerprint density at radius 2 is 1.84 bits per heavy atom. The third kappa shape index (κ3) is 5.14. The lowest BCUT2D eigenvalue weighted by molar-refractivity contribution is -0.136. The van der Waals surface area contributed by atoms with Gasteiger partial charge >= 0.3 is 0 Å². The number of amides is 2. The van der Waals surface area contributed by atoms with Crippen molar-refractivity contribution in [2.24, 2.45) is 5.92 Å². The van der Waals surface area contributed by atoms with Crippen molar-refractivity contribution in [1.82, 2.24) is 14.9 Å². The van der Waals surface area contributed by atoms with E-state index < -0.39 is 11.7 Å². The third-order valence-electron chi connectivity index (χ3n) is 6.67. The maximum Gasteiger partial charge on any atom is 0.259 e. The zero-order valence-corrected chi connectivity index (χ0v) is 18.6. The van der Waals surface area contributed by atoms with E-state index in [0.717, 1.165) is 38.6 Å². The maximum absolute atomic E-state index is 13.9. The SMILES string of the molecule is Cc1nc([C@H]2CCCCN2C(=O)CC2CCCCC2)ncc1C(=O)Nc1ccccc1F. The smallest absolute Gasteiger partial charge is 0.259 e. The van der Waals surface area contributed by atoms with Crippen molar-refractivity contribution in [1.29, 1.82) is 0 Å². The van der Waals surface area contributed by atoms with Gasteiger partial charge in [-0.2, -0.15) is 0 Å². The Morgan fingerprint density at radius 3 is 2.59 bits per heavy atom. The number of carbonyl (C=O) groups excluding carboxylic acids is 2. The second-order valence-electron chi connectivity index (χ2n) is 8.97. The number of likely N-dealkylation sites (tertiary alicyclic amines) is 1. The van der Waals surface area contributed by atoms with Crippen molar-refractivity contribution >= 4 is 17.5 Å². The minimum absolute atomic E-state index is 0.118. The summed E-state index contributed by atoms with van der Waals surface area (Å²) in [5.74, 6) is 0.329. The fraction of sp³-hybridized carbons (Fsp3) is 0.520. The number of hydrogen-bond donors (Lipinski definition) is 1. The van der Waals surface area contributed by atoms with Gasteiger partial charge in [-0.25, -0.2) is 14.4 Å². The summed E-state index contributed by atoms with van der Waals surface area (Å²) in [6.07, 6.45) is 11.0. The molecule has 1 aromatic heterocycles. The van der Waals surface area contributed by atoms with E-state index in [1.165, 1.54) is 37.6 Å². The van der Waals surface area contributed by atoms with Crippen LogP contribution < -0.4 is 5.32 Å². The first-order chi connectivity index (χ1) is 15.5. The molecule has 2 amide bonds. The number of carbonyl (C=O) groups is 2. The second kappa shape index (κ2) is 10.2. The predicted octanol–water partition coefficient (Wildman–Crippen LogP) is 5.20. The van der Waals surface area contributed by atoms with Crippen LogP contribution >= 0.6 is 0 Å². The number of piperidine rings is 1. The molecule has 1 aliphatic heterocycles. The van der Waals surface area contributed by atoms with Crippen LogP contribution in [0.2, 0.25) is 0 Å². The van der Waals surface area contributed by atoms with Crippen molar-refractivity contribution in [3.05, 3.63) is 53.4 Å². The molecular weight excluding hydrogens is 407 g/mol. The second-order valence-corrected chi connectivity index (χ2v) is 8.97. The monoisotopic (exact) mass is 438 g/mol. The highest BCUT2D eigenvalue weighted by atomic mass is 19.1. The molecule has 7 heteroatoms. The van der Waals surface area contributed by atoms with E-state index >= 15 is 0 Å². The van der Waals surface area contributed by atoms with Crippen LogP contribution in [0.15, 0.2) is 30.5 Å². The van der Waals surface area contributed by atoms with Crippen LogP contribution in [0.25, 0.3) is 0 Å². The molecule has 6 nitrogen and oxygen atoms in total. The van der Waals surface area contributed by atoms with Crippen molar-refractivity contribution in [2.75, 3.05) is 11.9 Å². The van der Waals surface area contributed by atoms with Gasteiger partial charge in [0.05, 0.1) is 23.0 Å². The number of halogens is 1. The van der Waals surface area contributed by atoms with E-state index in [1.807, 2.05) is 4.90 Å². The number of anilines is 1. The van der Waals surface area contributed by atoms with E-state index in [1.54, 1.807) is 19.1 Å². The molecule has 1 atom stereocenters. The molecular formula is C25H31FN4O2. The highest BCUT2D eigenvalue weighted by Gasteiger charge is 2.32. The summed E-state index contributed by atoms with van der Waals surface area (Å²) >= 11 is 0. The molecule has 2 aliphatic rings. The van der Waals surface area contributed by atoms with Crippen molar-refractivity contribution in [2.45, 2.75) is 70.8 Å². The molecule has 0 radical (unpaired) electrons. The van der Waals surface area contributed by atoms with E-state index in [0.29, 0.717) is 29.4 Å². The van der Waals surface area contributed by atoms with Crippen LogP contribution in [0.3, 0.4) is 0 Å². The Bertz CT molecular complexity index is 974. The predicted molar refractivity (Wildman–Crippen MR) is 121 cm³/mol. The Labute approximate surface area is 188 Å². The lowest BCUT2D eigenvalue weighted by Gasteiger charge is -2.36. The Kier molecular flexibility index (Phi) is 7.12. The molecule has 0 unspecified atom stereocenters. The lowest BCUT2D eigenvalue weighted by atomic mass is 9.86. The van der Waals surface area contributed by atoms with Gasteiger partial charge < -0.3 is 10.2 Å². The molecule has 170 valence electrons. The molecule has 2 aromatic rings. The number of aromatic nitrogens is 2. The first kappa shape index (κ1) is 22.4. The average molecular weight is 439 g/mol. The summed E-state index contributed by atoms with van der Waals surface area (Å²) in [7, 11) is 0. The first-order valence-corrected chi connectivity index (χ1v) is 11.7. The van der Waals surface area contributed by atoms with Gasteiger partial charge in [-0.3, -0.25) is 9.59 Å². The van der Waals surface area contributed by atoms with Gasteiger partial charge in [-0.15, -0.1) is 0 Å². The number of hydrogen-bond acceptors (Lipinski definition) is 4. The van der Waals surface area contributed by atoms with Crippen LogP contribution in [-0.4, -0.2) is 33.2 Å². The molecule has 1 saturated carbocycles. The fourth-order valence-electron chi connectivity index (χ4n) is 4.87.